The van der Waals surface area contributed by atoms with Gasteiger partial charge in [0.25, 0.3) is 0 Å². The van der Waals surface area contributed by atoms with E-state index >= 15 is 0 Å². The monoisotopic (exact) mass is 245 g/mol. The Kier molecular flexibility index (Phi) is 6.83. The smallest absolute Gasteiger partial charge is 0.233 e. The summed E-state index contributed by atoms with van der Waals surface area (Å²) < 4.78 is 0. The Morgan fingerprint density at radius 2 is 1.65 bits per heavy atom. The molecule has 0 bridgehead atoms. The van der Waals surface area contributed by atoms with Gasteiger partial charge < -0.3 is 11.5 Å². The average Bonchev–Trinajstić information content (AvgIpc) is 2.23. The molecule has 1 unspecified atom stereocenters. The molecule has 0 fully saturated rings. The molecule has 0 aliphatic heterocycles. The number of nitrogens with zero attached hydrogens (tertiary/aromatic N) is 1. The summed E-state index contributed by atoms with van der Waals surface area (Å²) in [5.41, 5.74) is 12.1. The minimum absolute atomic E-state index is 0.0750. The number of amides is 3. The van der Waals surface area contributed by atoms with Crippen LogP contribution < -0.4 is 22.7 Å². The van der Waals surface area contributed by atoms with E-state index in [0.29, 0.717) is 6.42 Å². The summed E-state index contributed by atoms with van der Waals surface area (Å²) >= 11 is 0. The molecule has 0 saturated carbocycles. The number of carbonyl (C=O) groups is 3. The summed E-state index contributed by atoms with van der Waals surface area (Å²) in [4.78, 5) is 34.1. The van der Waals surface area contributed by atoms with Crippen molar-refractivity contribution in [2.24, 2.45) is 17.3 Å². The van der Waals surface area contributed by atoms with Crippen LogP contribution >= 0.6 is 0 Å². The first-order valence-electron chi connectivity index (χ1n) is 5.17. The Balaban J connectivity index is 4.30. The molecule has 7 N–H and O–H groups in total. The molecule has 0 aliphatic carbocycles. The fourth-order valence-electron chi connectivity index (χ4n) is 1.36. The second-order valence-corrected chi connectivity index (χ2v) is 3.79. The van der Waals surface area contributed by atoms with Gasteiger partial charge in [0, 0.05) is 12.5 Å². The van der Waals surface area contributed by atoms with E-state index in [1.165, 1.54) is 4.90 Å². The van der Waals surface area contributed by atoms with Crippen molar-refractivity contribution in [2.45, 2.75) is 25.8 Å². The summed E-state index contributed by atoms with van der Waals surface area (Å²) in [5.74, 6) is 3.52. The summed E-state index contributed by atoms with van der Waals surface area (Å²) in [6.07, 6.45) is 0.648. The Labute approximate surface area is 99.4 Å². The van der Waals surface area contributed by atoms with Crippen LogP contribution in [0.2, 0.25) is 0 Å². The molecule has 8 nitrogen and oxygen atoms in total. The molecular formula is C9H19N5O3. The van der Waals surface area contributed by atoms with Crippen LogP contribution in [0.4, 0.5) is 0 Å². The molecule has 0 radical (unpaired) electrons. The molecule has 0 aliphatic rings. The second-order valence-electron chi connectivity index (χ2n) is 3.79. The van der Waals surface area contributed by atoms with Crippen LogP contribution in [0.1, 0.15) is 19.8 Å². The Morgan fingerprint density at radius 3 is 2.00 bits per heavy atom. The van der Waals surface area contributed by atoms with Crippen molar-refractivity contribution in [1.82, 2.24) is 10.3 Å². The number of nitrogens with one attached hydrogen (secondary N) is 1. The minimum atomic E-state index is -0.554. The maximum absolute atomic E-state index is 10.9. The quantitative estimate of drug-likeness (QED) is 0.211. The molecular weight excluding hydrogens is 226 g/mol. The van der Waals surface area contributed by atoms with Crippen molar-refractivity contribution in [2.75, 3.05) is 13.1 Å². The molecule has 1 atom stereocenters. The third-order valence-corrected chi connectivity index (χ3v) is 2.29. The zero-order chi connectivity index (χ0) is 13.4. The minimum Gasteiger partial charge on any atom is -0.369 e. The first-order valence-corrected chi connectivity index (χ1v) is 5.17. The average molecular weight is 245 g/mol. The zero-order valence-corrected chi connectivity index (χ0v) is 9.81. The summed E-state index contributed by atoms with van der Waals surface area (Å²) in [6, 6.07) is -0.174. The molecule has 17 heavy (non-hydrogen) atoms. The van der Waals surface area contributed by atoms with E-state index in [9.17, 15) is 14.4 Å². The van der Waals surface area contributed by atoms with E-state index in [2.05, 4.69) is 0 Å². The van der Waals surface area contributed by atoms with E-state index in [-0.39, 0.29) is 31.5 Å². The van der Waals surface area contributed by atoms with Gasteiger partial charge in [-0.05, 0) is 13.3 Å². The van der Waals surface area contributed by atoms with Gasteiger partial charge in [0.2, 0.25) is 17.7 Å². The first-order chi connectivity index (χ1) is 7.86. The Morgan fingerprint density at radius 1 is 1.18 bits per heavy atom. The molecule has 0 rings (SSSR count). The van der Waals surface area contributed by atoms with Gasteiger partial charge in [-0.25, -0.2) is 5.84 Å². The molecule has 3 amide bonds. The van der Waals surface area contributed by atoms with Crippen molar-refractivity contribution < 1.29 is 14.4 Å². The maximum Gasteiger partial charge on any atom is 0.233 e. The largest absolute Gasteiger partial charge is 0.369 e. The van der Waals surface area contributed by atoms with Crippen molar-refractivity contribution in [3.05, 3.63) is 0 Å². The van der Waals surface area contributed by atoms with Gasteiger partial charge in [-0.15, -0.1) is 0 Å². The highest BCUT2D eigenvalue weighted by Crippen LogP contribution is 2.05. The lowest BCUT2D eigenvalue weighted by Crippen LogP contribution is -2.45. The van der Waals surface area contributed by atoms with Crippen LogP contribution in [0, 0.1) is 0 Å². The predicted octanol–water partition coefficient (Wildman–Crippen LogP) is -2.58. The normalized spacial score (nSPS) is 12.2. The van der Waals surface area contributed by atoms with E-state index in [4.69, 9.17) is 17.3 Å². The van der Waals surface area contributed by atoms with Crippen molar-refractivity contribution in [3.8, 4) is 0 Å². The number of primary amides is 2. The summed E-state index contributed by atoms with van der Waals surface area (Å²) in [6.45, 7) is 1.62. The highest BCUT2D eigenvalue weighted by atomic mass is 16.2. The molecule has 0 spiro atoms. The fourth-order valence-corrected chi connectivity index (χ4v) is 1.36. The van der Waals surface area contributed by atoms with Crippen molar-refractivity contribution in [1.29, 1.82) is 0 Å². The zero-order valence-electron chi connectivity index (χ0n) is 9.81. The lowest BCUT2D eigenvalue weighted by molar-refractivity contribution is -0.122. The Hall–Kier alpha value is -1.67. The molecule has 0 saturated heterocycles. The van der Waals surface area contributed by atoms with Crippen LogP contribution in [0.15, 0.2) is 0 Å². The third kappa shape index (κ3) is 7.25. The predicted molar refractivity (Wildman–Crippen MR) is 61.0 cm³/mol. The second kappa shape index (κ2) is 7.58. The highest BCUT2D eigenvalue weighted by Gasteiger charge is 2.18. The van der Waals surface area contributed by atoms with Gasteiger partial charge in [0.05, 0.1) is 13.1 Å². The van der Waals surface area contributed by atoms with Crippen LogP contribution in [-0.4, -0.2) is 41.8 Å². The van der Waals surface area contributed by atoms with Crippen LogP contribution in [0.25, 0.3) is 0 Å². The van der Waals surface area contributed by atoms with E-state index in [1.807, 2.05) is 5.43 Å². The van der Waals surface area contributed by atoms with Crippen LogP contribution in [-0.2, 0) is 14.4 Å². The molecule has 8 heteroatoms. The highest BCUT2D eigenvalue weighted by molar-refractivity contribution is 5.79. The standard InChI is InChI=1S/C9H19N5O3/c1-6(2-3-9(17)13-12)14(4-7(10)15)5-8(11)16/h6H,2-5,12H2,1H3,(H2,10,15)(H2,11,16)(H,13,17). The van der Waals surface area contributed by atoms with Crippen molar-refractivity contribution >= 4 is 17.7 Å². The Bertz CT molecular complexity index is 278. The van der Waals surface area contributed by atoms with E-state index in [1.54, 1.807) is 6.92 Å². The lowest BCUT2D eigenvalue weighted by atomic mass is 10.1. The van der Waals surface area contributed by atoms with Gasteiger partial charge in [-0.1, -0.05) is 0 Å². The fraction of sp³-hybridized carbons (Fsp3) is 0.667. The number of hydrazine groups is 1. The number of nitrogens with two attached hydrogens (primary N) is 3. The van der Waals surface area contributed by atoms with Gasteiger partial charge in [-0.2, -0.15) is 0 Å². The number of carbonyl (C=O) groups excluding carboxylic acids is 3. The molecule has 0 heterocycles. The topological polar surface area (TPSA) is 145 Å². The van der Waals surface area contributed by atoms with Gasteiger partial charge >= 0.3 is 0 Å². The van der Waals surface area contributed by atoms with Gasteiger partial charge in [0.1, 0.15) is 0 Å². The van der Waals surface area contributed by atoms with Gasteiger partial charge in [0.15, 0.2) is 0 Å². The van der Waals surface area contributed by atoms with E-state index < -0.39 is 11.8 Å². The van der Waals surface area contributed by atoms with Gasteiger partial charge in [-0.3, -0.25) is 24.7 Å². The SMILES string of the molecule is CC(CCC(=O)NN)N(CC(N)=O)CC(N)=O. The lowest BCUT2D eigenvalue weighted by Gasteiger charge is -2.26. The van der Waals surface area contributed by atoms with Crippen LogP contribution in [0.5, 0.6) is 0 Å². The van der Waals surface area contributed by atoms with Crippen LogP contribution in [0.3, 0.4) is 0 Å². The van der Waals surface area contributed by atoms with Crippen molar-refractivity contribution in [3.63, 3.8) is 0 Å². The number of hydrogen-bond acceptors (Lipinski definition) is 5. The molecule has 0 aromatic heterocycles. The molecule has 98 valence electrons. The third-order valence-electron chi connectivity index (χ3n) is 2.29. The number of hydrogen-bond donors (Lipinski definition) is 4. The van der Waals surface area contributed by atoms with E-state index in [0.717, 1.165) is 0 Å². The molecule has 0 aromatic rings. The number of rotatable bonds is 8. The maximum atomic E-state index is 10.9. The summed E-state index contributed by atoms with van der Waals surface area (Å²) in [7, 11) is 0. The first kappa shape index (κ1) is 15.3. The molecule has 0 aromatic carbocycles. The summed E-state index contributed by atoms with van der Waals surface area (Å²) in [5, 5.41) is 0.